The van der Waals surface area contributed by atoms with Crippen molar-refractivity contribution in [3.8, 4) is 0 Å². The van der Waals surface area contributed by atoms with Crippen LogP contribution in [0.4, 0.5) is 14.9 Å². The van der Waals surface area contributed by atoms with Crippen LogP contribution in [-0.2, 0) is 22.6 Å². The van der Waals surface area contributed by atoms with Gasteiger partial charge in [0, 0.05) is 22.5 Å². The number of cyclic esters (lactones) is 1. The van der Waals surface area contributed by atoms with Crippen molar-refractivity contribution < 1.29 is 23.5 Å². The number of pyridine rings is 1. The lowest BCUT2D eigenvalue weighted by Crippen LogP contribution is -2.46. The standard InChI is InChI=1S/C30H24ClFN4O4/c31-22-5-3-4-21(16-22)28(37)35-24-13-9-20(10-14-24)27-26(29(38)34-17-25-6-1-2-15-33-25)36(30(39)40-27)18-19-7-11-23(32)12-8-19/h1-16,26-27H,17-18H2,(H,34,38)(H,35,37)/t26-,27+/m0/s1. The van der Waals surface area contributed by atoms with E-state index >= 15 is 0 Å². The lowest BCUT2D eigenvalue weighted by molar-refractivity contribution is -0.126. The van der Waals surface area contributed by atoms with Crippen LogP contribution in [0, 0.1) is 5.82 Å². The molecule has 40 heavy (non-hydrogen) atoms. The van der Waals surface area contributed by atoms with Crippen LogP contribution in [-0.4, -0.2) is 33.8 Å². The number of amides is 3. The number of nitrogens with one attached hydrogen (secondary N) is 2. The Balaban J connectivity index is 1.36. The van der Waals surface area contributed by atoms with Crippen LogP contribution in [0.25, 0.3) is 0 Å². The minimum atomic E-state index is -1.01. The van der Waals surface area contributed by atoms with E-state index in [4.69, 9.17) is 16.3 Å². The fourth-order valence-electron chi connectivity index (χ4n) is 4.37. The summed E-state index contributed by atoms with van der Waals surface area (Å²) in [6, 6.07) is 23.3. The van der Waals surface area contributed by atoms with Crippen LogP contribution < -0.4 is 10.6 Å². The fraction of sp³-hybridized carbons (Fsp3) is 0.133. The number of nitrogens with zero attached hydrogens (tertiary/aromatic N) is 2. The molecule has 0 radical (unpaired) electrons. The predicted octanol–water partition coefficient (Wildman–Crippen LogP) is 5.50. The summed E-state index contributed by atoms with van der Waals surface area (Å²) in [5, 5.41) is 6.09. The topological polar surface area (TPSA) is 101 Å². The van der Waals surface area contributed by atoms with E-state index in [9.17, 15) is 18.8 Å². The molecule has 0 spiro atoms. The van der Waals surface area contributed by atoms with Crippen molar-refractivity contribution in [2.45, 2.75) is 25.2 Å². The lowest BCUT2D eigenvalue weighted by Gasteiger charge is -2.24. The van der Waals surface area contributed by atoms with Crippen molar-refractivity contribution in [2.75, 3.05) is 5.32 Å². The fourth-order valence-corrected chi connectivity index (χ4v) is 4.56. The number of rotatable bonds is 8. The van der Waals surface area contributed by atoms with Gasteiger partial charge in [-0.2, -0.15) is 0 Å². The van der Waals surface area contributed by atoms with Gasteiger partial charge in [0.15, 0.2) is 12.1 Å². The summed E-state index contributed by atoms with van der Waals surface area (Å²) in [4.78, 5) is 44.6. The Morgan fingerprint density at radius 3 is 2.45 bits per heavy atom. The summed E-state index contributed by atoms with van der Waals surface area (Å²) in [5.74, 6) is -1.17. The summed E-state index contributed by atoms with van der Waals surface area (Å²) < 4.78 is 19.1. The van der Waals surface area contributed by atoms with Crippen LogP contribution in [0.2, 0.25) is 5.02 Å². The average molecular weight is 559 g/mol. The Kier molecular flexibility index (Phi) is 8.02. The number of ether oxygens (including phenoxy) is 1. The van der Waals surface area contributed by atoms with Crippen molar-refractivity contribution >= 4 is 35.2 Å². The molecule has 0 bridgehead atoms. The predicted molar refractivity (Wildman–Crippen MR) is 147 cm³/mol. The van der Waals surface area contributed by atoms with E-state index in [1.165, 1.54) is 17.0 Å². The highest BCUT2D eigenvalue weighted by atomic mass is 35.5. The molecule has 3 amide bonds. The quantitative estimate of drug-likeness (QED) is 0.297. The lowest BCUT2D eigenvalue weighted by atomic mass is 10.00. The Morgan fingerprint density at radius 1 is 0.975 bits per heavy atom. The molecule has 2 N–H and O–H groups in total. The largest absolute Gasteiger partial charge is 0.438 e. The smallest absolute Gasteiger partial charge is 0.411 e. The monoisotopic (exact) mass is 558 g/mol. The van der Waals surface area contributed by atoms with E-state index < -0.39 is 30.0 Å². The number of halogens is 2. The molecule has 3 aromatic carbocycles. The highest BCUT2D eigenvalue weighted by Gasteiger charge is 2.47. The second-order valence-corrected chi connectivity index (χ2v) is 9.57. The van der Waals surface area contributed by atoms with Gasteiger partial charge in [-0.25, -0.2) is 9.18 Å². The van der Waals surface area contributed by atoms with Gasteiger partial charge in [0.05, 0.1) is 18.8 Å². The van der Waals surface area contributed by atoms with Gasteiger partial charge in [-0.1, -0.05) is 48.0 Å². The molecule has 4 aromatic rings. The summed E-state index contributed by atoms with van der Waals surface area (Å²) in [7, 11) is 0. The van der Waals surface area contributed by atoms with Crippen molar-refractivity contribution in [3.05, 3.63) is 130 Å². The number of benzene rings is 3. The molecular formula is C30H24ClFN4O4. The Hall–Kier alpha value is -4.76. The third-order valence-electron chi connectivity index (χ3n) is 6.37. The SMILES string of the molecule is O=C(Nc1ccc([C@H]2OC(=O)N(Cc3ccc(F)cc3)[C@@H]2C(=O)NCc2ccccn2)cc1)c1cccc(Cl)c1. The molecule has 5 rings (SSSR count). The highest BCUT2D eigenvalue weighted by Crippen LogP contribution is 2.34. The molecule has 0 saturated carbocycles. The number of hydrogen-bond acceptors (Lipinski definition) is 5. The first-order valence-corrected chi connectivity index (χ1v) is 12.8. The van der Waals surface area contributed by atoms with Crippen LogP contribution in [0.15, 0.2) is 97.2 Å². The normalized spacial score (nSPS) is 16.4. The number of carbonyl (C=O) groups is 3. The number of anilines is 1. The molecular weight excluding hydrogens is 535 g/mol. The zero-order valence-electron chi connectivity index (χ0n) is 21.1. The first-order valence-electron chi connectivity index (χ1n) is 12.4. The molecule has 1 aromatic heterocycles. The maximum absolute atomic E-state index is 13.5. The van der Waals surface area contributed by atoms with Crippen molar-refractivity contribution in [1.82, 2.24) is 15.2 Å². The van der Waals surface area contributed by atoms with Crippen LogP contribution in [0.5, 0.6) is 0 Å². The molecule has 0 unspecified atom stereocenters. The van der Waals surface area contributed by atoms with Gasteiger partial charge in [-0.15, -0.1) is 0 Å². The van der Waals surface area contributed by atoms with Crippen LogP contribution >= 0.6 is 11.6 Å². The average Bonchev–Trinajstić information content (AvgIpc) is 3.29. The molecule has 202 valence electrons. The molecule has 10 heteroatoms. The second-order valence-electron chi connectivity index (χ2n) is 9.13. The van der Waals surface area contributed by atoms with Gasteiger partial charge in [-0.3, -0.25) is 19.5 Å². The number of carbonyl (C=O) groups excluding carboxylic acids is 3. The molecule has 1 aliphatic rings. The van der Waals surface area contributed by atoms with E-state index in [0.717, 1.165) is 0 Å². The van der Waals surface area contributed by atoms with E-state index in [1.807, 2.05) is 6.07 Å². The van der Waals surface area contributed by atoms with Gasteiger partial charge >= 0.3 is 6.09 Å². The van der Waals surface area contributed by atoms with E-state index in [-0.39, 0.29) is 19.0 Å². The molecule has 1 aliphatic heterocycles. The molecule has 0 aliphatic carbocycles. The third-order valence-corrected chi connectivity index (χ3v) is 6.61. The summed E-state index contributed by atoms with van der Waals surface area (Å²) in [6.07, 6.45) is 0.0278. The van der Waals surface area contributed by atoms with Gasteiger partial charge in [0.2, 0.25) is 5.91 Å². The Morgan fingerprint density at radius 2 is 1.75 bits per heavy atom. The summed E-state index contributed by atoms with van der Waals surface area (Å²) >= 11 is 5.99. The maximum Gasteiger partial charge on any atom is 0.411 e. The molecule has 8 nitrogen and oxygen atoms in total. The maximum atomic E-state index is 13.5. The van der Waals surface area contributed by atoms with Gasteiger partial charge < -0.3 is 15.4 Å². The zero-order chi connectivity index (χ0) is 28.1. The highest BCUT2D eigenvalue weighted by molar-refractivity contribution is 6.31. The Labute approximate surface area is 234 Å². The van der Waals surface area contributed by atoms with Crippen molar-refractivity contribution in [1.29, 1.82) is 0 Å². The van der Waals surface area contributed by atoms with Gasteiger partial charge in [-0.05, 0) is 65.7 Å². The molecule has 2 heterocycles. The zero-order valence-corrected chi connectivity index (χ0v) is 21.8. The Bertz CT molecular complexity index is 1520. The number of aromatic nitrogens is 1. The van der Waals surface area contributed by atoms with Crippen LogP contribution in [0.1, 0.15) is 33.3 Å². The minimum absolute atomic E-state index is 0.0467. The molecule has 1 saturated heterocycles. The van der Waals surface area contributed by atoms with E-state index in [0.29, 0.717) is 33.1 Å². The third kappa shape index (κ3) is 6.27. The molecule has 1 fully saturated rings. The molecule has 2 atom stereocenters. The van der Waals surface area contributed by atoms with E-state index in [1.54, 1.807) is 79.0 Å². The second kappa shape index (κ2) is 12.0. The summed E-state index contributed by atoms with van der Waals surface area (Å²) in [6.45, 7) is 0.209. The van der Waals surface area contributed by atoms with Gasteiger partial charge in [0.25, 0.3) is 5.91 Å². The van der Waals surface area contributed by atoms with E-state index in [2.05, 4.69) is 15.6 Å². The first kappa shape index (κ1) is 26.8. The summed E-state index contributed by atoms with van der Waals surface area (Å²) in [5.41, 5.74) is 2.77. The van der Waals surface area contributed by atoms with Gasteiger partial charge in [0.1, 0.15) is 5.82 Å². The van der Waals surface area contributed by atoms with Crippen molar-refractivity contribution in [3.63, 3.8) is 0 Å². The first-order chi connectivity index (χ1) is 19.4. The number of hydrogen-bond donors (Lipinski definition) is 2. The van der Waals surface area contributed by atoms with Crippen molar-refractivity contribution in [2.24, 2.45) is 0 Å². The minimum Gasteiger partial charge on any atom is -0.438 e. The van der Waals surface area contributed by atoms with Crippen LogP contribution in [0.3, 0.4) is 0 Å².